The number of fused-ring (bicyclic) bond motifs is 1. The third-order valence-electron chi connectivity index (χ3n) is 3.67. The van der Waals surface area contributed by atoms with E-state index in [0.29, 0.717) is 17.7 Å². The van der Waals surface area contributed by atoms with Crippen LogP contribution in [0, 0.1) is 11.3 Å². The highest BCUT2D eigenvalue weighted by Gasteiger charge is 2.46. The van der Waals surface area contributed by atoms with Crippen molar-refractivity contribution in [1.29, 1.82) is 5.26 Å². The van der Waals surface area contributed by atoms with Gasteiger partial charge in [-0.05, 0) is 31.6 Å². The summed E-state index contributed by atoms with van der Waals surface area (Å²) in [4.78, 5) is 8.15. The van der Waals surface area contributed by atoms with E-state index in [9.17, 15) is 8.42 Å². The lowest BCUT2D eigenvalue weighted by Crippen LogP contribution is -2.46. The van der Waals surface area contributed by atoms with E-state index in [1.54, 1.807) is 25.1 Å². The van der Waals surface area contributed by atoms with Gasteiger partial charge in [0.05, 0.1) is 22.9 Å². The summed E-state index contributed by atoms with van der Waals surface area (Å²) >= 11 is 0. The number of aliphatic imine (C=N–C) groups is 1. The van der Waals surface area contributed by atoms with Crippen LogP contribution in [0.3, 0.4) is 0 Å². The molecule has 0 radical (unpaired) electrons. The van der Waals surface area contributed by atoms with E-state index < -0.39 is 15.6 Å². The van der Waals surface area contributed by atoms with Gasteiger partial charge in [-0.15, -0.1) is 0 Å². The first kappa shape index (κ1) is 13.5. The fraction of sp³-hybridized carbons (Fsp3) is 0.214. The van der Waals surface area contributed by atoms with Crippen LogP contribution in [0.1, 0.15) is 13.3 Å². The summed E-state index contributed by atoms with van der Waals surface area (Å²) in [6.07, 6.45) is 7.90. The second-order valence-corrected chi connectivity index (χ2v) is 6.83. The summed E-state index contributed by atoms with van der Waals surface area (Å²) in [5.74, 6) is 0. The molecule has 6 nitrogen and oxygen atoms in total. The molecule has 1 aliphatic heterocycles. The van der Waals surface area contributed by atoms with E-state index in [0.717, 1.165) is 0 Å². The first-order chi connectivity index (χ1) is 9.98. The van der Waals surface area contributed by atoms with E-state index in [-0.39, 0.29) is 4.90 Å². The first-order valence-corrected chi connectivity index (χ1v) is 7.74. The maximum Gasteiger partial charge on any atom is 0.267 e. The predicted octanol–water partition coefficient (Wildman–Crippen LogP) is 1.61. The second kappa shape index (κ2) is 4.53. The van der Waals surface area contributed by atoms with Gasteiger partial charge in [-0.1, -0.05) is 6.08 Å². The molecule has 0 amide bonds. The molecule has 7 heteroatoms. The molecule has 0 saturated heterocycles. The fourth-order valence-corrected chi connectivity index (χ4v) is 3.96. The number of nitrogens with zero attached hydrogens (tertiary/aromatic N) is 4. The van der Waals surface area contributed by atoms with Crippen molar-refractivity contribution in [2.75, 3.05) is 0 Å². The lowest BCUT2D eigenvalue weighted by atomic mass is 9.88. The zero-order chi connectivity index (χ0) is 15.1. The summed E-state index contributed by atoms with van der Waals surface area (Å²) in [7, 11) is -3.72. The van der Waals surface area contributed by atoms with Gasteiger partial charge < -0.3 is 0 Å². The molecule has 0 unspecified atom stereocenters. The molecule has 1 atom stereocenters. The van der Waals surface area contributed by atoms with E-state index in [1.807, 2.05) is 0 Å². The van der Waals surface area contributed by atoms with Gasteiger partial charge in [0.2, 0.25) is 0 Å². The average molecular weight is 300 g/mol. The van der Waals surface area contributed by atoms with Gasteiger partial charge in [-0.3, -0.25) is 4.98 Å². The third kappa shape index (κ3) is 1.96. The average Bonchev–Trinajstić information content (AvgIpc) is 2.85. The van der Waals surface area contributed by atoms with Crippen LogP contribution in [0.15, 0.2) is 57.8 Å². The molecule has 0 aromatic carbocycles. The molecule has 21 heavy (non-hydrogen) atoms. The number of pyridine rings is 1. The molecule has 1 aromatic heterocycles. The maximum absolute atomic E-state index is 12.7. The van der Waals surface area contributed by atoms with Gasteiger partial charge in [-0.2, -0.15) is 5.26 Å². The standard InChI is InChI=1S/C14H12N4O2S/c1-14-5-4-11(8-15)7-13(14)17-10-18(14)21(19,20)12-3-2-6-16-9-12/h2-4,6-7,9-10H,5H2,1H3/t14-/m0/s1. The molecule has 0 saturated carbocycles. The zero-order valence-electron chi connectivity index (χ0n) is 11.3. The monoisotopic (exact) mass is 300 g/mol. The van der Waals surface area contributed by atoms with Crippen molar-refractivity contribution in [2.45, 2.75) is 23.8 Å². The van der Waals surface area contributed by atoms with Gasteiger partial charge in [0.1, 0.15) is 11.2 Å². The minimum Gasteiger partial charge on any atom is -0.263 e. The lowest BCUT2D eigenvalue weighted by molar-refractivity contribution is 0.362. The molecule has 106 valence electrons. The Balaban J connectivity index is 2.05. The van der Waals surface area contributed by atoms with Crippen LogP contribution in [0.5, 0.6) is 0 Å². The van der Waals surface area contributed by atoms with Crippen LogP contribution < -0.4 is 0 Å². The largest absolute Gasteiger partial charge is 0.267 e. The summed E-state index contributed by atoms with van der Waals surface area (Å²) in [6, 6.07) is 5.13. The highest BCUT2D eigenvalue weighted by molar-refractivity contribution is 7.89. The molecule has 2 aliphatic rings. The molecular weight excluding hydrogens is 288 g/mol. The van der Waals surface area contributed by atoms with Crippen LogP contribution in [0.25, 0.3) is 0 Å². The molecule has 1 aromatic rings. The molecule has 2 heterocycles. The molecule has 0 N–H and O–H groups in total. The Morgan fingerprint density at radius 1 is 1.48 bits per heavy atom. The Bertz CT molecular complexity index is 818. The topological polar surface area (TPSA) is 86.4 Å². The molecule has 0 fully saturated rings. The van der Waals surface area contributed by atoms with Crippen LogP contribution in [-0.2, 0) is 10.0 Å². The zero-order valence-corrected chi connectivity index (χ0v) is 12.1. The Kier molecular flexibility index (Phi) is 2.92. The number of hydrogen-bond donors (Lipinski definition) is 0. The number of sulfonamides is 1. The van der Waals surface area contributed by atoms with Crippen LogP contribution in [0.2, 0.25) is 0 Å². The van der Waals surface area contributed by atoms with Crippen molar-refractivity contribution >= 4 is 16.4 Å². The van der Waals surface area contributed by atoms with Gasteiger partial charge in [0.25, 0.3) is 10.0 Å². The Morgan fingerprint density at radius 3 is 2.95 bits per heavy atom. The van der Waals surface area contributed by atoms with Gasteiger partial charge >= 0.3 is 0 Å². The van der Waals surface area contributed by atoms with Crippen molar-refractivity contribution in [1.82, 2.24) is 9.29 Å². The van der Waals surface area contributed by atoms with Crippen molar-refractivity contribution in [2.24, 2.45) is 4.99 Å². The Hall–Kier alpha value is -2.46. The minimum atomic E-state index is -3.72. The first-order valence-electron chi connectivity index (χ1n) is 6.30. The van der Waals surface area contributed by atoms with Crippen molar-refractivity contribution in [3.8, 4) is 6.07 Å². The summed E-state index contributed by atoms with van der Waals surface area (Å²) in [6.45, 7) is 1.80. The second-order valence-electron chi connectivity index (χ2n) is 5.01. The van der Waals surface area contributed by atoms with Crippen LogP contribution in [0.4, 0.5) is 0 Å². The summed E-state index contributed by atoms with van der Waals surface area (Å²) < 4.78 is 26.7. The molecular formula is C14H12N4O2S. The molecule has 3 rings (SSSR count). The van der Waals surface area contributed by atoms with Gasteiger partial charge in [0, 0.05) is 12.4 Å². The molecule has 1 aliphatic carbocycles. The smallest absolute Gasteiger partial charge is 0.263 e. The maximum atomic E-state index is 12.7. The van der Waals surface area contributed by atoms with E-state index in [1.165, 1.54) is 29.1 Å². The highest BCUT2D eigenvalue weighted by Crippen LogP contribution is 2.40. The number of hydrogen-bond acceptors (Lipinski definition) is 5. The van der Waals surface area contributed by atoms with Crippen molar-refractivity contribution in [3.05, 3.63) is 47.9 Å². The normalized spacial score (nSPS) is 24.1. The summed E-state index contributed by atoms with van der Waals surface area (Å²) in [5.41, 5.74) is 0.281. The minimum absolute atomic E-state index is 0.119. The van der Waals surface area contributed by atoms with E-state index in [2.05, 4.69) is 16.0 Å². The highest BCUT2D eigenvalue weighted by atomic mass is 32.2. The number of aromatic nitrogens is 1. The van der Waals surface area contributed by atoms with Crippen LogP contribution in [-0.4, -0.2) is 29.6 Å². The summed E-state index contributed by atoms with van der Waals surface area (Å²) in [5, 5.41) is 8.94. The van der Waals surface area contributed by atoms with Crippen molar-refractivity contribution < 1.29 is 8.42 Å². The van der Waals surface area contributed by atoms with Gasteiger partial charge in [-0.25, -0.2) is 17.7 Å². The predicted molar refractivity (Wildman–Crippen MR) is 76.6 cm³/mol. The fourth-order valence-electron chi connectivity index (χ4n) is 2.41. The molecule has 0 bridgehead atoms. The SMILES string of the molecule is C[C@]12CC=C(C#N)C=C1N=CN2S(=O)(=O)c1cccnc1. The van der Waals surface area contributed by atoms with Crippen molar-refractivity contribution in [3.63, 3.8) is 0 Å². The van der Waals surface area contributed by atoms with Gasteiger partial charge in [0.15, 0.2) is 0 Å². The third-order valence-corrected chi connectivity index (χ3v) is 5.52. The number of rotatable bonds is 2. The van der Waals surface area contributed by atoms with Crippen LogP contribution >= 0.6 is 0 Å². The lowest BCUT2D eigenvalue weighted by Gasteiger charge is -2.35. The molecule has 0 spiro atoms. The quantitative estimate of drug-likeness (QED) is 0.830. The van der Waals surface area contributed by atoms with E-state index in [4.69, 9.17) is 5.26 Å². The van der Waals surface area contributed by atoms with E-state index >= 15 is 0 Å². The number of allylic oxidation sites excluding steroid dienone is 2. The Morgan fingerprint density at radius 2 is 2.29 bits per heavy atom. The number of nitriles is 1. The Labute approximate surface area is 122 Å².